The number of ether oxygens (including phenoxy) is 1. The molecule has 1 aromatic carbocycles. The third kappa shape index (κ3) is 3.08. The normalized spacial score (nSPS) is 14.3. The van der Waals surface area contributed by atoms with E-state index in [1.807, 2.05) is 0 Å². The Kier molecular flexibility index (Phi) is 4.10. The quantitative estimate of drug-likeness (QED) is 0.772. The van der Waals surface area contributed by atoms with Crippen molar-refractivity contribution in [3.8, 4) is 22.6 Å². The van der Waals surface area contributed by atoms with Crippen molar-refractivity contribution in [3.05, 3.63) is 48.7 Å². The van der Waals surface area contributed by atoms with E-state index in [2.05, 4.69) is 20.3 Å². The molecule has 25 heavy (non-hydrogen) atoms. The molecule has 128 valence electrons. The molecule has 3 aromatic rings. The Morgan fingerprint density at radius 1 is 1.16 bits per heavy atom. The lowest BCUT2D eigenvalue weighted by Gasteiger charge is -2.26. The Morgan fingerprint density at radius 2 is 1.96 bits per heavy atom. The second kappa shape index (κ2) is 6.56. The molecule has 1 fully saturated rings. The molecule has 0 radical (unpaired) electrons. The van der Waals surface area contributed by atoms with Crippen molar-refractivity contribution in [1.29, 1.82) is 0 Å². The van der Waals surface area contributed by atoms with E-state index in [9.17, 15) is 8.78 Å². The number of halogens is 2. The van der Waals surface area contributed by atoms with Crippen LogP contribution < -0.4 is 5.32 Å². The third-order valence-corrected chi connectivity index (χ3v) is 3.95. The molecule has 0 atom stereocenters. The van der Waals surface area contributed by atoms with Crippen LogP contribution in [0, 0.1) is 5.82 Å². The van der Waals surface area contributed by atoms with Crippen molar-refractivity contribution in [2.24, 2.45) is 0 Å². The van der Waals surface area contributed by atoms with E-state index < -0.39 is 6.80 Å². The fourth-order valence-electron chi connectivity index (χ4n) is 2.62. The van der Waals surface area contributed by atoms with Crippen LogP contribution in [-0.4, -0.2) is 38.8 Å². The number of nitrogens with zero attached hydrogens (tertiary/aromatic N) is 4. The Hall–Kier alpha value is -2.87. The van der Waals surface area contributed by atoms with Crippen LogP contribution in [0.1, 0.15) is 0 Å². The molecular formula is C17H15F2N5O. The Bertz CT molecular complexity index is 877. The van der Waals surface area contributed by atoms with Gasteiger partial charge in [0.1, 0.15) is 5.82 Å². The van der Waals surface area contributed by atoms with Crippen LogP contribution in [0.25, 0.3) is 22.6 Å². The maximum atomic E-state index is 13.4. The van der Waals surface area contributed by atoms with Crippen LogP contribution in [0.3, 0.4) is 0 Å². The SMILES string of the molecule is FCn1cnc(-c2ccc(F)cc2)c1-c1ccnc(NC2COC2)n1. The number of aromatic nitrogens is 4. The van der Waals surface area contributed by atoms with Crippen molar-refractivity contribution in [2.75, 3.05) is 18.5 Å². The maximum Gasteiger partial charge on any atom is 0.223 e. The van der Waals surface area contributed by atoms with E-state index >= 15 is 0 Å². The van der Waals surface area contributed by atoms with Crippen molar-refractivity contribution in [2.45, 2.75) is 12.8 Å². The van der Waals surface area contributed by atoms with Gasteiger partial charge in [-0.15, -0.1) is 0 Å². The first-order valence-corrected chi connectivity index (χ1v) is 7.79. The van der Waals surface area contributed by atoms with E-state index in [4.69, 9.17) is 4.74 Å². The lowest BCUT2D eigenvalue weighted by atomic mass is 10.1. The van der Waals surface area contributed by atoms with Gasteiger partial charge in [-0.2, -0.15) is 0 Å². The van der Waals surface area contributed by atoms with E-state index in [-0.39, 0.29) is 11.9 Å². The van der Waals surface area contributed by atoms with Gasteiger partial charge < -0.3 is 10.1 Å². The largest absolute Gasteiger partial charge is 0.377 e. The molecule has 2 aromatic heterocycles. The van der Waals surface area contributed by atoms with Gasteiger partial charge in [-0.25, -0.2) is 23.7 Å². The first kappa shape index (κ1) is 15.6. The van der Waals surface area contributed by atoms with Crippen LogP contribution in [-0.2, 0) is 11.5 Å². The molecule has 1 saturated heterocycles. The number of hydrogen-bond acceptors (Lipinski definition) is 5. The summed E-state index contributed by atoms with van der Waals surface area (Å²) in [5, 5.41) is 3.16. The number of rotatable bonds is 5. The first-order valence-electron chi connectivity index (χ1n) is 7.79. The van der Waals surface area contributed by atoms with E-state index in [1.165, 1.54) is 23.0 Å². The molecule has 1 aliphatic rings. The van der Waals surface area contributed by atoms with Gasteiger partial charge in [-0.1, -0.05) is 0 Å². The van der Waals surface area contributed by atoms with Crippen LogP contribution in [0.2, 0.25) is 0 Å². The molecule has 6 nitrogen and oxygen atoms in total. The van der Waals surface area contributed by atoms with Gasteiger partial charge in [-0.05, 0) is 30.3 Å². The summed E-state index contributed by atoms with van der Waals surface area (Å²) in [6, 6.07) is 7.77. The smallest absolute Gasteiger partial charge is 0.223 e. The minimum atomic E-state index is -0.743. The van der Waals surface area contributed by atoms with Crippen LogP contribution >= 0.6 is 0 Å². The molecule has 3 heterocycles. The predicted octanol–water partition coefficient (Wildman–Crippen LogP) is 2.88. The summed E-state index contributed by atoms with van der Waals surface area (Å²) in [5.74, 6) is 0.105. The molecule has 0 unspecified atom stereocenters. The van der Waals surface area contributed by atoms with Gasteiger partial charge >= 0.3 is 0 Å². The van der Waals surface area contributed by atoms with Gasteiger partial charge in [0.2, 0.25) is 5.95 Å². The van der Waals surface area contributed by atoms with Crippen LogP contribution in [0.4, 0.5) is 14.7 Å². The lowest BCUT2D eigenvalue weighted by molar-refractivity contribution is 0.0208. The van der Waals surface area contributed by atoms with Crippen molar-refractivity contribution in [1.82, 2.24) is 19.5 Å². The zero-order chi connectivity index (χ0) is 17.2. The summed E-state index contributed by atoms with van der Waals surface area (Å²) in [5.41, 5.74) is 2.27. The van der Waals surface area contributed by atoms with Gasteiger partial charge in [0.15, 0.2) is 6.80 Å². The summed E-state index contributed by atoms with van der Waals surface area (Å²) in [6.07, 6.45) is 3.01. The monoisotopic (exact) mass is 343 g/mol. The topological polar surface area (TPSA) is 64.9 Å². The molecule has 0 spiro atoms. The highest BCUT2D eigenvalue weighted by Crippen LogP contribution is 2.30. The zero-order valence-electron chi connectivity index (χ0n) is 13.2. The molecule has 0 saturated carbocycles. The minimum absolute atomic E-state index is 0.179. The van der Waals surface area contributed by atoms with Crippen LogP contribution in [0.15, 0.2) is 42.9 Å². The standard InChI is InChI=1S/C17H15F2N5O/c18-9-24-10-21-15(11-1-3-12(19)4-2-11)16(24)14-5-6-20-17(23-14)22-13-7-25-8-13/h1-6,10,13H,7-9H2,(H,20,22,23). The van der Waals surface area contributed by atoms with Crippen LogP contribution in [0.5, 0.6) is 0 Å². The summed E-state index contributed by atoms with van der Waals surface area (Å²) in [6.45, 7) is 0.473. The molecule has 8 heteroatoms. The van der Waals surface area contributed by atoms with E-state index in [1.54, 1.807) is 24.4 Å². The lowest BCUT2D eigenvalue weighted by Crippen LogP contribution is -2.40. The van der Waals surface area contributed by atoms with Crippen molar-refractivity contribution >= 4 is 5.95 Å². The van der Waals surface area contributed by atoms with E-state index in [0.29, 0.717) is 41.8 Å². The molecule has 1 aliphatic heterocycles. The average molecular weight is 343 g/mol. The van der Waals surface area contributed by atoms with E-state index in [0.717, 1.165) is 0 Å². The second-order valence-corrected chi connectivity index (χ2v) is 5.68. The van der Waals surface area contributed by atoms with Gasteiger partial charge in [0.25, 0.3) is 0 Å². The number of benzene rings is 1. The molecule has 1 N–H and O–H groups in total. The Labute approximate surface area is 142 Å². The minimum Gasteiger partial charge on any atom is -0.377 e. The fourth-order valence-corrected chi connectivity index (χ4v) is 2.62. The van der Waals surface area contributed by atoms with Gasteiger partial charge in [-0.3, -0.25) is 4.57 Å². The number of anilines is 1. The summed E-state index contributed by atoms with van der Waals surface area (Å²) >= 11 is 0. The molecule has 0 bridgehead atoms. The molecular weight excluding hydrogens is 328 g/mol. The van der Waals surface area contributed by atoms with Crippen molar-refractivity contribution < 1.29 is 13.5 Å². The molecule has 0 aliphatic carbocycles. The summed E-state index contributed by atoms with van der Waals surface area (Å²) < 4.78 is 33.1. The number of imidazole rings is 1. The first-order chi connectivity index (χ1) is 12.2. The molecule has 4 rings (SSSR count). The maximum absolute atomic E-state index is 13.4. The number of hydrogen-bond donors (Lipinski definition) is 1. The highest BCUT2D eigenvalue weighted by molar-refractivity contribution is 5.77. The third-order valence-electron chi connectivity index (χ3n) is 3.95. The average Bonchev–Trinajstić information content (AvgIpc) is 3.03. The van der Waals surface area contributed by atoms with Crippen molar-refractivity contribution in [3.63, 3.8) is 0 Å². The second-order valence-electron chi connectivity index (χ2n) is 5.68. The fraction of sp³-hybridized carbons (Fsp3) is 0.235. The molecule has 0 amide bonds. The summed E-state index contributed by atoms with van der Waals surface area (Å²) in [7, 11) is 0. The van der Waals surface area contributed by atoms with Gasteiger partial charge in [0.05, 0.1) is 42.7 Å². The zero-order valence-corrected chi connectivity index (χ0v) is 13.2. The number of alkyl halides is 1. The Morgan fingerprint density at radius 3 is 2.64 bits per heavy atom. The highest BCUT2D eigenvalue weighted by Gasteiger charge is 2.20. The summed E-state index contributed by atoms with van der Waals surface area (Å²) in [4.78, 5) is 12.9. The predicted molar refractivity (Wildman–Crippen MR) is 88.0 cm³/mol. The number of nitrogens with one attached hydrogen (secondary N) is 1. The van der Waals surface area contributed by atoms with Gasteiger partial charge in [0, 0.05) is 11.8 Å². The highest BCUT2D eigenvalue weighted by atomic mass is 19.1. The Balaban J connectivity index is 1.75.